The fourth-order valence-electron chi connectivity index (χ4n) is 3.80. The van der Waals surface area contributed by atoms with E-state index >= 15 is 0 Å². The maximum atomic E-state index is 13.4. The molecular formula is C22H21N5O3. The minimum absolute atomic E-state index is 0.0750. The highest BCUT2D eigenvalue weighted by Gasteiger charge is 2.30. The van der Waals surface area contributed by atoms with Crippen LogP contribution in [0, 0.1) is 0 Å². The summed E-state index contributed by atoms with van der Waals surface area (Å²) in [4.78, 5) is 23.1. The monoisotopic (exact) mass is 403 g/mol. The molecule has 0 spiro atoms. The Bertz CT molecular complexity index is 1180. The summed E-state index contributed by atoms with van der Waals surface area (Å²) in [5.74, 6) is 0.682. The van der Waals surface area contributed by atoms with Gasteiger partial charge < -0.3 is 19.4 Å². The number of rotatable bonds is 4. The van der Waals surface area contributed by atoms with Crippen LogP contribution < -0.4 is 4.74 Å². The lowest BCUT2D eigenvalue weighted by Crippen LogP contribution is -2.43. The molecule has 8 nitrogen and oxygen atoms in total. The zero-order chi connectivity index (χ0) is 20.5. The summed E-state index contributed by atoms with van der Waals surface area (Å²) in [7, 11) is 1.63. The van der Waals surface area contributed by atoms with Crippen LogP contribution in [-0.2, 0) is 4.74 Å². The van der Waals surface area contributed by atoms with Crippen LogP contribution >= 0.6 is 0 Å². The molecule has 1 aliphatic heterocycles. The Balaban J connectivity index is 1.46. The number of fused-ring (bicyclic) bond motifs is 1. The number of benzene rings is 1. The van der Waals surface area contributed by atoms with Crippen LogP contribution in [-0.4, -0.2) is 57.8 Å². The van der Waals surface area contributed by atoms with E-state index in [0.717, 1.165) is 28.0 Å². The third kappa shape index (κ3) is 3.31. The maximum Gasteiger partial charge on any atom is 0.271 e. The van der Waals surface area contributed by atoms with Crippen LogP contribution in [0.4, 0.5) is 0 Å². The van der Waals surface area contributed by atoms with Gasteiger partial charge in [0, 0.05) is 23.7 Å². The second kappa shape index (κ2) is 7.64. The lowest BCUT2D eigenvalue weighted by Gasteiger charge is -2.35. The standard InChI is InChI=1S/C22H21N5O3/c1-29-17-4-2-3-14(9-17)20-13-30-8-7-27(20)22(28)19-10-15-5-6-18(25-21(15)26-19)16-11-23-24-12-16/h2-6,9-12,20H,7-8,13H2,1H3,(H,23,24)(H,25,26). The van der Waals surface area contributed by atoms with Crippen molar-refractivity contribution in [1.82, 2.24) is 25.1 Å². The quantitative estimate of drug-likeness (QED) is 0.546. The average Bonchev–Trinajstić information content (AvgIpc) is 3.48. The van der Waals surface area contributed by atoms with E-state index in [9.17, 15) is 4.79 Å². The smallest absolute Gasteiger partial charge is 0.271 e. The molecule has 1 unspecified atom stereocenters. The first kappa shape index (κ1) is 18.4. The third-order valence-corrected chi connectivity index (χ3v) is 5.37. The minimum atomic E-state index is -0.179. The van der Waals surface area contributed by atoms with Crippen LogP contribution in [0.15, 0.2) is 54.9 Å². The molecule has 1 amide bonds. The van der Waals surface area contributed by atoms with E-state index in [2.05, 4.69) is 20.2 Å². The fraction of sp³-hybridized carbons (Fsp3) is 0.227. The summed E-state index contributed by atoms with van der Waals surface area (Å²) in [6.07, 6.45) is 3.51. The van der Waals surface area contributed by atoms with E-state index < -0.39 is 0 Å². The minimum Gasteiger partial charge on any atom is -0.497 e. The van der Waals surface area contributed by atoms with Crippen molar-refractivity contribution < 1.29 is 14.3 Å². The number of pyridine rings is 1. The third-order valence-electron chi connectivity index (χ3n) is 5.37. The highest BCUT2D eigenvalue weighted by Crippen LogP contribution is 2.29. The number of nitrogens with zero attached hydrogens (tertiary/aromatic N) is 3. The topological polar surface area (TPSA) is 96.1 Å². The van der Waals surface area contributed by atoms with Crippen LogP contribution in [0.2, 0.25) is 0 Å². The van der Waals surface area contributed by atoms with Gasteiger partial charge in [0.05, 0.1) is 38.3 Å². The van der Waals surface area contributed by atoms with E-state index in [1.165, 1.54) is 0 Å². The van der Waals surface area contributed by atoms with Crippen molar-refractivity contribution in [3.63, 3.8) is 0 Å². The zero-order valence-electron chi connectivity index (χ0n) is 16.5. The van der Waals surface area contributed by atoms with Crippen LogP contribution in [0.25, 0.3) is 22.3 Å². The van der Waals surface area contributed by atoms with Gasteiger partial charge in [0.1, 0.15) is 17.1 Å². The van der Waals surface area contributed by atoms with Crippen molar-refractivity contribution in [2.75, 3.05) is 26.9 Å². The second-order valence-corrected chi connectivity index (χ2v) is 7.17. The molecule has 2 N–H and O–H groups in total. The Morgan fingerprint density at radius 3 is 3.03 bits per heavy atom. The van der Waals surface area contributed by atoms with Gasteiger partial charge in [-0.3, -0.25) is 9.89 Å². The number of amides is 1. The molecule has 0 saturated carbocycles. The van der Waals surface area contributed by atoms with Crippen molar-refractivity contribution in [1.29, 1.82) is 0 Å². The maximum absolute atomic E-state index is 13.4. The molecule has 0 bridgehead atoms. The number of ether oxygens (including phenoxy) is 2. The number of aromatic nitrogens is 4. The molecule has 1 fully saturated rings. The summed E-state index contributed by atoms with van der Waals surface area (Å²) >= 11 is 0. The highest BCUT2D eigenvalue weighted by atomic mass is 16.5. The molecule has 30 heavy (non-hydrogen) atoms. The number of carbonyl (C=O) groups excluding carboxylic acids is 1. The predicted octanol–water partition coefficient (Wildman–Crippen LogP) is 3.18. The van der Waals surface area contributed by atoms with Crippen molar-refractivity contribution in [3.05, 3.63) is 66.1 Å². The number of H-pyrrole nitrogens is 2. The number of morpholine rings is 1. The summed E-state index contributed by atoms with van der Waals surface area (Å²) in [5, 5.41) is 7.64. The van der Waals surface area contributed by atoms with E-state index in [4.69, 9.17) is 9.47 Å². The van der Waals surface area contributed by atoms with Gasteiger partial charge in [0.2, 0.25) is 0 Å². The molecule has 5 rings (SSSR count). The number of hydrogen-bond acceptors (Lipinski definition) is 5. The van der Waals surface area contributed by atoms with Gasteiger partial charge >= 0.3 is 0 Å². The van der Waals surface area contributed by atoms with Gasteiger partial charge in [-0.05, 0) is 35.9 Å². The molecule has 3 aromatic heterocycles. The molecule has 1 atom stereocenters. The number of methoxy groups -OCH3 is 1. The number of hydrogen-bond donors (Lipinski definition) is 2. The molecule has 4 heterocycles. The van der Waals surface area contributed by atoms with E-state index in [-0.39, 0.29) is 11.9 Å². The summed E-state index contributed by atoms with van der Waals surface area (Å²) in [6.45, 7) is 1.47. The number of nitrogens with one attached hydrogen (secondary N) is 2. The zero-order valence-corrected chi connectivity index (χ0v) is 16.5. The van der Waals surface area contributed by atoms with Crippen LogP contribution in [0.3, 0.4) is 0 Å². The lowest BCUT2D eigenvalue weighted by atomic mass is 10.0. The Morgan fingerprint density at radius 1 is 1.27 bits per heavy atom. The van der Waals surface area contributed by atoms with Crippen LogP contribution in [0.1, 0.15) is 22.1 Å². The highest BCUT2D eigenvalue weighted by molar-refractivity contribution is 5.97. The Morgan fingerprint density at radius 2 is 2.20 bits per heavy atom. The molecule has 1 aromatic carbocycles. The molecule has 0 radical (unpaired) electrons. The fourth-order valence-corrected chi connectivity index (χ4v) is 3.80. The first-order valence-corrected chi connectivity index (χ1v) is 9.74. The normalized spacial score (nSPS) is 16.7. The Labute approximate surface area is 172 Å². The number of carbonyl (C=O) groups is 1. The first-order chi connectivity index (χ1) is 14.7. The van der Waals surface area contributed by atoms with E-state index in [1.807, 2.05) is 47.4 Å². The van der Waals surface area contributed by atoms with Gasteiger partial charge in [-0.2, -0.15) is 5.10 Å². The number of aromatic amines is 2. The molecule has 1 aliphatic rings. The summed E-state index contributed by atoms with van der Waals surface area (Å²) < 4.78 is 11.0. The van der Waals surface area contributed by atoms with Crippen molar-refractivity contribution in [2.24, 2.45) is 0 Å². The van der Waals surface area contributed by atoms with Crippen molar-refractivity contribution >= 4 is 16.9 Å². The average molecular weight is 403 g/mol. The van der Waals surface area contributed by atoms with E-state index in [0.29, 0.717) is 31.1 Å². The van der Waals surface area contributed by atoms with Crippen molar-refractivity contribution in [3.8, 4) is 17.0 Å². The van der Waals surface area contributed by atoms with Crippen LogP contribution in [0.5, 0.6) is 5.75 Å². The van der Waals surface area contributed by atoms with Gasteiger partial charge in [-0.1, -0.05) is 12.1 Å². The SMILES string of the molecule is COc1cccc(C2COCCN2C(=O)c2cc3ccc(-c4cn[nH]c4)nc3[nH]2)c1. The molecule has 152 valence electrons. The van der Waals surface area contributed by atoms with Gasteiger partial charge in [0.25, 0.3) is 5.91 Å². The summed E-state index contributed by atoms with van der Waals surface area (Å²) in [6, 6.07) is 13.3. The molecule has 4 aromatic rings. The molecule has 1 saturated heterocycles. The summed E-state index contributed by atoms with van der Waals surface area (Å²) in [5.41, 5.74) is 3.85. The van der Waals surface area contributed by atoms with Crippen molar-refractivity contribution in [2.45, 2.75) is 6.04 Å². The van der Waals surface area contributed by atoms with Gasteiger partial charge in [0.15, 0.2) is 0 Å². The van der Waals surface area contributed by atoms with E-state index in [1.54, 1.807) is 19.5 Å². The molecule has 8 heteroatoms. The largest absolute Gasteiger partial charge is 0.497 e. The molecule has 0 aliphatic carbocycles. The predicted molar refractivity (Wildman–Crippen MR) is 111 cm³/mol. The molecular weight excluding hydrogens is 382 g/mol. The van der Waals surface area contributed by atoms with Gasteiger partial charge in [-0.15, -0.1) is 0 Å². The second-order valence-electron chi connectivity index (χ2n) is 7.17. The van der Waals surface area contributed by atoms with Gasteiger partial charge in [-0.25, -0.2) is 4.98 Å². The lowest BCUT2D eigenvalue weighted by molar-refractivity contribution is -0.00300. The Kier molecular flexibility index (Phi) is 4.68. The first-order valence-electron chi connectivity index (χ1n) is 9.74. The Hall–Kier alpha value is -3.65.